The predicted octanol–water partition coefficient (Wildman–Crippen LogP) is 3.12. The Morgan fingerprint density at radius 1 is 1.32 bits per heavy atom. The quantitative estimate of drug-likeness (QED) is 0.737. The predicted molar refractivity (Wildman–Crippen MR) is 98.5 cm³/mol. The molecule has 0 unspecified atom stereocenters. The summed E-state index contributed by atoms with van der Waals surface area (Å²) in [7, 11) is 0. The lowest BCUT2D eigenvalue weighted by Gasteiger charge is -2.13. The molecule has 130 valence electrons. The van der Waals surface area contributed by atoms with E-state index in [-0.39, 0.29) is 23.2 Å². The van der Waals surface area contributed by atoms with Gasteiger partial charge >= 0.3 is 0 Å². The number of H-pyrrole nitrogens is 1. The fraction of sp³-hybridized carbons (Fsp3) is 0.278. The molecule has 3 rings (SSSR count). The van der Waals surface area contributed by atoms with Gasteiger partial charge in [-0.05, 0) is 32.4 Å². The highest BCUT2D eigenvalue weighted by Crippen LogP contribution is 2.25. The summed E-state index contributed by atoms with van der Waals surface area (Å²) in [5, 5.41) is 6.71. The number of thiazole rings is 1. The normalized spacial score (nSPS) is 12.1. The van der Waals surface area contributed by atoms with Crippen LogP contribution in [0.25, 0.3) is 5.69 Å². The molecular weight excluding hydrogens is 336 g/mol. The Bertz CT molecular complexity index is 920. The van der Waals surface area contributed by atoms with Crippen LogP contribution in [0.5, 0.6) is 0 Å². The average molecular weight is 356 g/mol. The van der Waals surface area contributed by atoms with Crippen molar-refractivity contribution in [3.63, 3.8) is 0 Å². The number of rotatable bonds is 5. The summed E-state index contributed by atoms with van der Waals surface area (Å²) in [4.78, 5) is 30.4. The van der Waals surface area contributed by atoms with Crippen LogP contribution in [0, 0.1) is 13.8 Å². The van der Waals surface area contributed by atoms with Gasteiger partial charge in [-0.15, -0.1) is 11.3 Å². The first-order valence-corrected chi connectivity index (χ1v) is 8.93. The lowest BCUT2D eigenvalue weighted by molar-refractivity contribution is 0.0930. The summed E-state index contributed by atoms with van der Waals surface area (Å²) in [6.07, 6.45) is 0.724. The van der Waals surface area contributed by atoms with E-state index in [1.165, 1.54) is 10.7 Å². The number of carbonyl (C=O) groups is 1. The average Bonchev–Trinajstić information content (AvgIpc) is 3.16. The number of hydrogen-bond donors (Lipinski definition) is 2. The number of hydrogen-bond acceptors (Lipinski definition) is 4. The summed E-state index contributed by atoms with van der Waals surface area (Å²) >= 11 is 1.59. The molecule has 1 aromatic carbocycles. The molecule has 25 heavy (non-hydrogen) atoms. The molecule has 1 amide bonds. The lowest BCUT2D eigenvalue weighted by atomic mass is 10.2. The van der Waals surface area contributed by atoms with Crippen molar-refractivity contribution in [1.82, 2.24) is 20.1 Å². The van der Waals surface area contributed by atoms with Gasteiger partial charge in [-0.1, -0.05) is 25.1 Å². The van der Waals surface area contributed by atoms with Gasteiger partial charge in [0.25, 0.3) is 11.5 Å². The minimum atomic E-state index is -0.316. The highest BCUT2D eigenvalue weighted by molar-refractivity contribution is 7.11. The number of nitrogens with zero attached hydrogens (tertiary/aromatic N) is 2. The SMILES string of the molecule is CC[C@H](NC(=O)c1cc(=O)n(-c2ccccc2)[nH]1)c1nc(C)c(C)s1. The molecule has 0 radical (unpaired) electrons. The van der Waals surface area contributed by atoms with Crippen LogP contribution in [0.1, 0.15) is 45.5 Å². The molecule has 0 bridgehead atoms. The van der Waals surface area contributed by atoms with E-state index >= 15 is 0 Å². The van der Waals surface area contributed by atoms with Crippen molar-refractivity contribution in [2.45, 2.75) is 33.2 Å². The van der Waals surface area contributed by atoms with E-state index in [9.17, 15) is 9.59 Å². The number of aromatic nitrogens is 3. The Kier molecular flexibility index (Phi) is 4.85. The lowest BCUT2D eigenvalue weighted by Crippen LogP contribution is -2.28. The molecule has 2 N–H and O–H groups in total. The third-order valence-electron chi connectivity index (χ3n) is 4.04. The Hall–Kier alpha value is -2.67. The minimum absolute atomic E-state index is 0.173. The molecule has 0 aliphatic heterocycles. The third kappa shape index (κ3) is 3.56. The van der Waals surface area contributed by atoms with Gasteiger partial charge in [0.15, 0.2) is 0 Å². The van der Waals surface area contributed by atoms with Crippen LogP contribution in [0.4, 0.5) is 0 Å². The van der Waals surface area contributed by atoms with Crippen molar-refractivity contribution in [1.29, 1.82) is 0 Å². The van der Waals surface area contributed by atoms with E-state index in [1.54, 1.807) is 23.5 Å². The van der Waals surface area contributed by atoms with Crippen LogP contribution in [0.2, 0.25) is 0 Å². The maximum absolute atomic E-state index is 12.6. The Balaban J connectivity index is 1.82. The van der Waals surface area contributed by atoms with E-state index in [0.29, 0.717) is 5.69 Å². The van der Waals surface area contributed by atoms with Crippen molar-refractivity contribution in [3.8, 4) is 5.69 Å². The minimum Gasteiger partial charge on any atom is -0.341 e. The maximum Gasteiger partial charge on any atom is 0.271 e. The monoisotopic (exact) mass is 356 g/mol. The molecule has 6 nitrogen and oxygen atoms in total. The number of aryl methyl sites for hydroxylation is 2. The van der Waals surface area contributed by atoms with Crippen molar-refractivity contribution in [2.24, 2.45) is 0 Å². The molecule has 3 aromatic rings. The number of amides is 1. The molecule has 0 aliphatic rings. The Morgan fingerprint density at radius 3 is 2.64 bits per heavy atom. The van der Waals surface area contributed by atoms with Crippen LogP contribution in [0.15, 0.2) is 41.2 Å². The van der Waals surface area contributed by atoms with Crippen LogP contribution < -0.4 is 10.9 Å². The van der Waals surface area contributed by atoms with Crippen LogP contribution in [-0.2, 0) is 0 Å². The second kappa shape index (κ2) is 7.06. The van der Waals surface area contributed by atoms with Gasteiger partial charge in [-0.25, -0.2) is 9.67 Å². The Labute approximate surface area is 149 Å². The molecule has 0 fully saturated rings. The largest absolute Gasteiger partial charge is 0.341 e. The molecule has 0 spiro atoms. The summed E-state index contributed by atoms with van der Waals surface area (Å²) in [6, 6.07) is 10.3. The van der Waals surface area contributed by atoms with Crippen LogP contribution in [-0.4, -0.2) is 20.7 Å². The van der Waals surface area contributed by atoms with Gasteiger partial charge in [-0.2, -0.15) is 0 Å². The number of para-hydroxylation sites is 1. The second-order valence-corrected chi connectivity index (χ2v) is 7.04. The van der Waals surface area contributed by atoms with Crippen LogP contribution >= 0.6 is 11.3 Å². The fourth-order valence-corrected chi connectivity index (χ4v) is 3.56. The standard InChI is InChI=1S/C18H20N4O2S/c1-4-14(18-19-11(2)12(3)25-18)20-17(24)15-10-16(23)22(21-15)13-8-6-5-7-9-13/h5-10,14,21H,4H2,1-3H3,(H,20,24)/t14-/m0/s1. The molecule has 0 saturated heterocycles. The zero-order valence-corrected chi connectivity index (χ0v) is 15.2. The zero-order valence-electron chi connectivity index (χ0n) is 14.4. The van der Waals surface area contributed by atoms with Crippen LogP contribution in [0.3, 0.4) is 0 Å². The molecule has 0 aliphatic carbocycles. The molecule has 0 saturated carbocycles. The number of aromatic amines is 1. The van der Waals surface area contributed by atoms with E-state index in [0.717, 1.165) is 22.0 Å². The molecular formula is C18H20N4O2S. The summed E-state index contributed by atoms with van der Waals surface area (Å²) in [6.45, 7) is 5.97. The second-order valence-electron chi connectivity index (χ2n) is 5.81. The van der Waals surface area contributed by atoms with Crippen molar-refractivity contribution in [3.05, 3.63) is 68.0 Å². The summed E-state index contributed by atoms with van der Waals surface area (Å²) in [5.41, 5.74) is 1.63. The van der Waals surface area contributed by atoms with Crippen molar-refractivity contribution in [2.75, 3.05) is 0 Å². The Morgan fingerprint density at radius 2 is 2.04 bits per heavy atom. The fourth-order valence-electron chi connectivity index (χ4n) is 2.50. The van der Waals surface area contributed by atoms with Gasteiger partial charge in [0.1, 0.15) is 10.7 Å². The first-order chi connectivity index (χ1) is 12.0. The smallest absolute Gasteiger partial charge is 0.271 e. The maximum atomic E-state index is 12.6. The van der Waals surface area contributed by atoms with Gasteiger partial charge < -0.3 is 5.32 Å². The van der Waals surface area contributed by atoms with Gasteiger partial charge in [-0.3, -0.25) is 14.7 Å². The summed E-state index contributed by atoms with van der Waals surface area (Å²) in [5.74, 6) is -0.316. The van der Waals surface area contributed by atoms with E-state index in [2.05, 4.69) is 15.4 Å². The van der Waals surface area contributed by atoms with E-state index in [4.69, 9.17) is 0 Å². The number of benzene rings is 1. The first kappa shape index (κ1) is 17.2. The molecule has 1 atom stereocenters. The number of carbonyl (C=O) groups excluding carboxylic acids is 1. The zero-order chi connectivity index (χ0) is 18.0. The first-order valence-electron chi connectivity index (χ1n) is 8.12. The van der Waals surface area contributed by atoms with Gasteiger partial charge in [0.05, 0.1) is 17.4 Å². The van der Waals surface area contributed by atoms with Crippen molar-refractivity contribution >= 4 is 17.2 Å². The summed E-state index contributed by atoms with van der Waals surface area (Å²) < 4.78 is 1.35. The highest BCUT2D eigenvalue weighted by Gasteiger charge is 2.20. The molecule has 2 aromatic heterocycles. The van der Waals surface area contributed by atoms with E-state index < -0.39 is 0 Å². The molecule has 2 heterocycles. The molecule has 7 heteroatoms. The highest BCUT2D eigenvalue weighted by atomic mass is 32.1. The van der Waals surface area contributed by atoms with Crippen molar-refractivity contribution < 1.29 is 4.79 Å². The number of nitrogens with one attached hydrogen (secondary N) is 2. The van der Waals surface area contributed by atoms with Gasteiger partial charge in [0.2, 0.25) is 0 Å². The topological polar surface area (TPSA) is 79.8 Å². The third-order valence-corrected chi connectivity index (χ3v) is 5.22. The van der Waals surface area contributed by atoms with E-state index in [1.807, 2.05) is 39.0 Å². The van der Waals surface area contributed by atoms with Gasteiger partial charge in [0, 0.05) is 10.9 Å².